The van der Waals surface area contributed by atoms with Gasteiger partial charge in [-0.25, -0.2) is 5.11 Å². The van der Waals surface area contributed by atoms with Gasteiger partial charge in [0.15, 0.2) is 0 Å². The molecule has 73 valence electrons. The van der Waals surface area contributed by atoms with Crippen molar-refractivity contribution in [2.45, 2.75) is 24.4 Å². The van der Waals surface area contributed by atoms with Crippen LogP contribution in [-0.2, 0) is 5.11 Å². The number of hydrogen-bond acceptors (Lipinski definition) is 5. The Bertz CT molecular complexity index is 105. The topological polar surface area (TPSA) is 121 Å². The molecule has 0 aromatic rings. The molecule has 0 saturated carbocycles. The summed E-state index contributed by atoms with van der Waals surface area (Å²) in [5.74, 6) is 0. The van der Waals surface area contributed by atoms with Crippen molar-refractivity contribution < 1.29 is 30.6 Å². The molecule has 0 heterocycles. The van der Waals surface area contributed by atoms with Crippen molar-refractivity contribution in [2.24, 2.45) is 0 Å². The van der Waals surface area contributed by atoms with Crippen LogP contribution >= 0.6 is 0 Å². The molecule has 0 aromatic carbocycles. The molecule has 6 nitrogen and oxygen atoms in total. The van der Waals surface area contributed by atoms with E-state index >= 15 is 0 Å². The number of rotatable bonds is 5. The Morgan fingerprint density at radius 3 is 1.67 bits per heavy atom. The standard InChI is InChI=1S/C6H13O6/c7-1-3(9)5(11)6(12)4(10)2-8/h3-7,9-12H,1-2H2/t3-,4+,5-,6-/m1/s1. The molecule has 5 N–H and O–H groups in total. The zero-order valence-electron chi connectivity index (χ0n) is 6.37. The maximum atomic E-state index is 10.0. The zero-order valence-corrected chi connectivity index (χ0v) is 6.37. The molecule has 0 aliphatic carbocycles. The van der Waals surface area contributed by atoms with Crippen LogP contribution in [-0.4, -0.2) is 63.2 Å². The fourth-order valence-electron chi connectivity index (χ4n) is 0.662. The third-order valence-corrected chi connectivity index (χ3v) is 1.50. The minimum Gasteiger partial charge on any atom is -0.394 e. The lowest BCUT2D eigenvalue weighted by atomic mass is 10.0. The highest BCUT2D eigenvalue weighted by Crippen LogP contribution is 2.04. The normalized spacial score (nSPS) is 21.5. The molecule has 0 fully saturated rings. The molecular weight excluding hydrogens is 168 g/mol. The van der Waals surface area contributed by atoms with E-state index in [4.69, 9.17) is 25.5 Å². The van der Waals surface area contributed by atoms with E-state index in [0.717, 1.165) is 0 Å². The lowest BCUT2D eigenvalue weighted by molar-refractivity contribution is -0.128. The first-order valence-corrected chi connectivity index (χ1v) is 3.45. The second-order valence-corrected chi connectivity index (χ2v) is 2.47. The minimum absolute atomic E-state index is 0.746. The van der Waals surface area contributed by atoms with Gasteiger partial charge in [-0.15, -0.1) is 0 Å². The van der Waals surface area contributed by atoms with E-state index < -0.39 is 37.6 Å². The van der Waals surface area contributed by atoms with Gasteiger partial charge in [0.1, 0.15) is 31.0 Å². The second-order valence-electron chi connectivity index (χ2n) is 2.47. The average Bonchev–Trinajstić information content (AvgIpc) is 2.12. The molecule has 0 aliphatic heterocycles. The van der Waals surface area contributed by atoms with Gasteiger partial charge >= 0.3 is 0 Å². The van der Waals surface area contributed by atoms with Crippen LogP contribution in [0, 0.1) is 0 Å². The number of aliphatic hydroxyl groups excluding tert-OH is 5. The van der Waals surface area contributed by atoms with Gasteiger partial charge in [0.05, 0.1) is 6.61 Å². The Morgan fingerprint density at radius 1 is 0.917 bits per heavy atom. The molecular formula is C6H13O6. The van der Waals surface area contributed by atoms with Gasteiger partial charge in [-0.1, -0.05) is 0 Å². The minimum atomic E-state index is -1.73. The van der Waals surface area contributed by atoms with Crippen LogP contribution in [0.25, 0.3) is 0 Å². The quantitative estimate of drug-likeness (QED) is 0.307. The molecule has 0 amide bonds. The first kappa shape index (κ1) is 11.8. The van der Waals surface area contributed by atoms with Crippen molar-refractivity contribution in [3.8, 4) is 0 Å². The fourth-order valence-corrected chi connectivity index (χ4v) is 0.662. The van der Waals surface area contributed by atoms with Crippen molar-refractivity contribution in [3.63, 3.8) is 0 Å². The van der Waals surface area contributed by atoms with E-state index in [2.05, 4.69) is 0 Å². The lowest BCUT2D eigenvalue weighted by Crippen LogP contribution is -2.46. The van der Waals surface area contributed by atoms with Crippen LogP contribution in [0.2, 0.25) is 0 Å². The maximum Gasteiger partial charge on any atom is 0.111 e. The van der Waals surface area contributed by atoms with Crippen molar-refractivity contribution in [3.05, 3.63) is 0 Å². The molecule has 0 aromatic heterocycles. The van der Waals surface area contributed by atoms with Crippen LogP contribution in [0.1, 0.15) is 0 Å². The van der Waals surface area contributed by atoms with Crippen LogP contribution in [0.15, 0.2) is 0 Å². The highest BCUT2D eigenvalue weighted by Gasteiger charge is 2.29. The van der Waals surface area contributed by atoms with Gasteiger partial charge in [-0.3, -0.25) is 0 Å². The van der Waals surface area contributed by atoms with Gasteiger partial charge in [0.2, 0.25) is 0 Å². The van der Waals surface area contributed by atoms with E-state index in [-0.39, 0.29) is 0 Å². The third kappa shape index (κ3) is 3.02. The molecule has 6 heteroatoms. The summed E-state index contributed by atoms with van der Waals surface area (Å²) in [7, 11) is 0. The van der Waals surface area contributed by atoms with Crippen molar-refractivity contribution in [1.29, 1.82) is 0 Å². The molecule has 0 bridgehead atoms. The predicted octanol–water partition coefficient (Wildman–Crippen LogP) is -3.15. The van der Waals surface area contributed by atoms with Gasteiger partial charge in [0.25, 0.3) is 0 Å². The first-order valence-electron chi connectivity index (χ1n) is 3.45. The molecule has 0 saturated heterocycles. The molecule has 0 rings (SSSR count). The average molecular weight is 181 g/mol. The summed E-state index contributed by atoms with van der Waals surface area (Å²) in [6, 6.07) is 0. The lowest BCUT2D eigenvalue weighted by Gasteiger charge is -2.23. The molecule has 0 spiro atoms. The van der Waals surface area contributed by atoms with Crippen LogP contribution in [0.3, 0.4) is 0 Å². The molecule has 4 atom stereocenters. The monoisotopic (exact) mass is 181 g/mol. The first-order chi connectivity index (χ1) is 5.54. The highest BCUT2D eigenvalue weighted by atomic mass is 16.4. The van der Waals surface area contributed by atoms with E-state index in [9.17, 15) is 5.11 Å². The Hall–Kier alpha value is -0.240. The smallest absolute Gasteiger partial charge is 0.111 e. The Kier molecular flexibility index (Phi) is 5.31. The van der Waals surface area contributed by atoms with Crippen molar-refractivity contribution in [1.82, 2.24) is 0 Å². The number of aliphatic hydroxyl groups is 5. The molecule has 0 unspecified atom stereocenters. The van der Waals surface area contributed by atoms with Crippen molar-refractivity contribution in [2.75, 3.05) is 13.2 Å². The van der Waals surface area contributed by atoms with Crippen LogP contribution in [0.4, 0.5) is 0 Å². The second kappa shape index (κ2) is 5.41. The van der Waals surface area contributed by atoms with Gasteiger partial charge in [0, 0.05) is 0 Å². The maximum absolute atomic E-state index is 10.0. The van der Waals surface area contributed by atoms with Crippen LogP contribution in [0.5, 0.6) is 0 Å². The highest BCUT2D eigenvalue weighted by molar-refractivity contribution is 4.79. The van der Waals surface area contributed by atoms with E-state index in [1.165, 1.54) is 0 Å². The van der Waals surface area contributed by atoms with E-state index in [1.807, 2.05) is 0 Å². The molecule has 1 radical (unpaired) electrons. The predicted molar refractivity (Wildman–Crippen MR) is 36.7 cm³/mol. The van der Waals surface area contributed by atoms with E-state index in [1.54, 1.807) is 0 Å². The summed E-state index contributed by atoms with van der Waals surface area (Å²) in [6.07, 6.45) is -6.63. The summed E-state index contributed by atoms with van der Waals surface area (Å²) in [5, 5.41) is 53.7. The Balaban J connectivity index is 3.99. The van der Waals surface area contributed by atoms with Crippen LogP contribution < -0.4 is 0 Å². The summed E-state index contributed by atoms with van der Waals surface area (Å²) in [4.78, 5) is 0. The summed E-state index contributed by atoms with van der Waals surface area (Å²) < 4.78 is 0. The SMILES string of the molecule is [O]C[C@H](O)[C@@H](O)[C@H](O)[C@H](O)CO. The molecule has 12 heavy (non-hydrogen) atoms. The van der Waals surface area contributed by atoms with Gasteiger partial charge in [-0.2, -0.15) is 0 Å². The summed E-state index contributed by atoms with van der Waals surface area (Å²) >= 11 is 0. The summed E-state index contributed by atoms with van der Waals surface area (Å²) in [6.45, 7) is -1.72. The Morgan fingerprint density at radius 2 is 1.33 bits per heavy atom. The van der Waals surface area contributed by atoms with E-state index in [0.29, 0.717) is 0 Å². The third-order valence-electron chi connectivity index (χ3n) is 1.50. The number of hydrogen-bond donors (Lipinski definition) is 5. The fraction of sp³-hybridized carbons (Fsp3) is 1.00. The summed E-state index contributed by atoms with van der Waals surface area (Å²) in [5.41, 5.74) is 0. The Labute approximate surface area is 69.3 Å². The zero-order chi connectivity index (χ0) is 9.72. The molecule has 0 aliphatic rings. The largest absolute Gasteiger partial charge is 0.394 e. The van der Waals surface area contributed by atoms with Gasteiger partial charge < -0.3 is 25.5 Å². The van der Waals surface area contributed by atoms with Crippen molar-refractivity contribution >= 4 is 0 Å². The van der Waals surface area contributed by atoms with Gasteiger partial charge in [-0.05, 0) is 0 Å².